The number of allylic oxidation sites excluding steroid dienone is 2. The molecule has 1 saturated carbocycles. The number of ether oxygens (including phenoxy) is 3. The summed E-state index contributed by atoms with van der Waals surface area (Å²) in [5.74, 6) is -9.09. The number of rotatable bonds is 11. The number of carbonyl (C=O) groups excluding carboxylic acids is 1. The molecule has 0 N–H and O–H groups in total. The van der Waals surface area contributed by atoms with Crippen molar-refractivity contribution >= 4 is 11.5 Å². The highest BCUT2D eigenvalue weighted by molar-refractivity contribution is 5.76. The van der Waals surface area contributed by atoms with Crippen molar-refractivity contribution in [3.8, 4) is 28.4 Å². The first-order valence-corrected chi connectivity index (χ1v) is 16.3. The van der Waals surface area contributed by atoms with Crippen LogP contribution in [0, 0.1) is 52.7 Å². The third-order valence-corrected chi connectivity index (χ3v) is 9.27. The van der Waals surface area contributed by atoms with E-state index in [-0.39, 0.29) is 30.3 Å². The van der Waals surface area contributed by atoms with Gasteiger partial charge in [0.15, 0.2) is 34.7 Å². The molecular weight excluding hydrogens is 622 g/mol. The normalized spacial score (nSPS) is 19.7. The summed E-state index contributed by atoms with van der Waals surface area (Å²) in [5, 5.41) is 0. The van der Waals surface area contributed by atoms with Gasteiger partial charge in [0, 0.05) is 16.7 Å². The van der Waals surface area contributed by atoms with Crippen LogP contribution >= 0.6 is 0 Å². The van der Waals surface area contributed by atoms with Gasteiger partial charge in [0.25, 0.3) is 0 Å². The standard InChI is InChI=1S/C37H38F6O4/c1-3-5-20-46-29-18-15-26(32(39)35(29)42)27-16-19-30(36(43)33(27)40)47-37(44)24-12-8-22(9-13-24)21-6-10-23(11-7-21)25-14-17-28(45-4-2)34(41)31(25)38/h10,14-19,21-22,24H,3-9,11-13,20H2,1-2H3. The summed E-state index contributed by atoms with van der Waals surface area (Å²) in [6, 6.07) is 7.36. The van der Waals surface area contributed by atoms with E-state index in [1.165, 1.54) is 6.07 Å². The first kappa shape index (κ1) is 34.4. The topological polar surface area (TPSA) is 44.8 Å². The van der Waals surface area contributed by atoms with Gasteiger partial charge in [0.05, 0.1) is 19.1 Å². The number of esters is 1. The van der Waals surface area contributed by atoms with E-state index in [4.69, 9.17) is 14.2 Å². The molecule has 0 heterocycles. The molecule has 5 rings (SSSR count). The highest BCUT2D eigenvalue weighted by Crippen LogP contribution is 2.43. The van der Waals surface area contributed by atoms with E-state index in [1.807, 2.05) is 13.0 Å². The fraction of sp³-hybridized carbons (Fsp3) is 0.432. The van der Waals surface area contributed by atoms with Crippen LogP contribution in [0.2, 0.25) is 0 Å². The molecule has 2 aliphatic rings. The van der Waals surface area contributed by atoms with Crippen molar-refractivity contribution < 1.29 is 45.3 Å². The molecule has 0 amide bonds. The van der Waals surface area contributed by atoms with E-state index in [0.717, 1.165) is 55.5 Å². The zero-order chi connectivity index (χ0) is 33.7. The van der Waals surface area contributed by atoms with Gasteiger partial charge in [0.1, 0.15) is 0 Å². The van der Waals surface area contributed by atoms with E-state index in [9.17, 15) is 22.4 Å². The van der Waals surface area contributed by atoms with Gasteiger partial charge in [0.2, 0.25) is 17.5 Å². The Morgan fingerprint density at radius 1 is 0.660 bits per heavy atom. The fourth-order valence-corrected chi connectivity index (χ4v) is 6.59. The molecule has 10 heteroatoms. The highest BCUT2D eigenvalue weighted by Gasteiger charge is 2.33. The predicted molar refractivity (Wildman–Crippen MR) is 166 cm³/mol. The zero-order valence-corrected chi connectivity index (χ0v) is 26.5. The minimum atomic E-state index is -1.47. The zero-order valence-electron chi connectivity index (χ0n) is 26.5. The number of hydrogen-bond acceptors (Lipinski definition) is 4. The van der Waals surface area contributed by atoms with Crippen molar-refractivity contribution in [1.29, 1.82) is 0 Å². The smallest absolute Gasteiger partial charge is 0.314 e. The van der Waals surface area contributed by atoms with Crippen molar-refractivity contribution in [1.82, 2.24) is 0 Å². The summed E-state index contributed by atoms with van der Waals surface area (Å²) in [7, 11) is 0. The number of halogens is 6. The number of hydrogen-bond donors (Lipinski definition) is 0. The molecule has 1 atom stereocenters. The minimum Gasteiger partial charge on any atom is -0.491 e. The second kappa shape index (κ2) is 15.3. The van der Waals surface area contributed by atoms with E-state index < -0.39 is 63.7 Å². The van der Waals surface area contributed by atoms with E-state index >= 15 is 8.78 Å². The summed E-state index contributed by atoms with van der Waals surface area (Å²) in [6.45, 7) is 4.04. The Morgan fingerprint density at radius 3 is 1.79 bits per heavy atom. The van der Waals surface area contributed by atoms with E-state index in [0.29, 0.717) is 43.9 Å². The lowest BCUT2D eigenvalue weighted by Gasteiger charge is -2.35. The fourth-order valence-electron chi connectivity index (χ4n) is 6.59. The maximum absolute atomic E-state index is 15.0. The van der Waals surface area contributed by atoms with Crippen LogP contribution in [0.5, 0.6) is 17.2 Å². The highest BCUT2D eigenvalue weighted by atomic mass is 19.2. The molecule has 1 unspecified atom stereocenters. The van der Waals surface area contributed by atoms with Gasteiger partial charge in [-0.25, -0.2) is 13.2 Å². The van der Waals surface area contributed by atoms with Gasteiger partial charge in [-0.1, -0.05) is 19.4 Å². The summed E-state index contributed by atoms with van der Waals surface area (Å²) < 4.78 is 104. The molecule has 0 radical (unpaired) electrons. The van der Waals surface area contributed by atoms with Crippen molar-refractivity contribution in [2.45, 2.75) is 71.6 Å². The van der Waals surface area contributed by atoms with Crippen molar-refractivity contribution in [2.75, 3.05) is 13.2 Å². The van der Waals surface area contributed by atoms with Gasteiger partial charge in [-0.2, -0.15) is 13.2 Å². The Labute approximate surface area is 270 Å². The average Bonchev–Trinajstić information content (AvgIpc) is 3.08. The Balaban J connectivity index is 1.17. The van der Waals surface area contributed by atoms with Crippen molar-refractivity contribution in [2.24, 2.45) is 17.8 Å². The average molecular weight is 661 g/mol. The molecule has 0 aliphatic heterocycles. The van der Waals surface area contributed by atoms with Gasteiger partial charge in [-0.3, -0.25) is 4.79 Å². The molecule has 0 saturated heterocycles. The van der Waals surface area contributed by atoms with E-state index in [2.05, 4.69) is 0 Å². The molecule has 47 heavy (non-hydrogen) atoms. The van der Waals surface area contributed by atoms with Gasteiger partial charge in [-0.15, -0.1) is 0 Å². The van der Waals surface area contributed by atoms with Crippen LogP contribution in [0.3, 0.4) is 0 Å². The predicted octanol–water partition coefficient (Wildman–Crippen LogP) is 10.4. The van der Waals surface area contributed by atoms with Crippen LogP contribution in [-0.2, 0) is 4.79 Å². The van der Waals surface area contributed by atoms with E-state index in [1.54, 1.807) is 13.0 Å². The number of benzene rings is 3. The molecule has 0 bridgehead atoms. The molecule has 4 nitrogen and oxygen atoms in total. The third kappa shape index (κ3) is 7.47. The molecule has 3 aromatic carbocycles. The van der Waals surface area contributed by atoms with Gasteiger partial charge < -0.3 is 14.2 Å². The van der Waals surface area contributed by atoms with Gasteiger partial charge in [-0.05, 0) is 112 Å². The SMILES string of the molecule is CCCCOc1ccc(-c2ccc(OC(=O)C3CCC(C4CC=C(c5ccc(OCC)c(F)c5F)CC4)CC3)c(F)c2F)c(F)c1F. The van der Waals surface area contributed by atoms with Crippen LogP contribution in [0.15, 0.2) is 42.5 Å². The Morgan fingerprint density at radius 2 is 1.21 bits per heavy atom. The second-order valence-electron chi connectivity index (χ2n) is 12.1. The lowest BCUT2D eigenvalue weighted by molar-refractivity contribution is -0.140. The molecule has 252 valence electrons. The maximum Gasteiger partial charge on any atom is 0.314 e. The summed E-state index contributed by atoms with van der Waals surface area (Å²) in [4.78, 5) is 12.9. The second-order valence-corrected chi connectivity index (χ2v) is 12.1. The number of unbranched alkanes of at least 4 members (excludes halogenated alkanes) is 1. The van der Waals surface area contributed by atoms with Crippen LogP contribution in [-0.4, -0.2) is 19.2 Å². The summed E-state index contributed by atoms with van der Waals surface area (Å²) in [5.41, 5.74) is 0.00789. The molecule has 0 spiro atoms. The van der Waals surface area contributed by atoms with Crippen LogP contribution in [0.4, 0.5) is 26.3 Å². The van der Waals surface area contributed by atoms with Gasteiger partial charge >= 0.3 is 5.97 Å². The molecule has 1 fully saturated rings. The van der Waals surface area contributed by atoms with Crippen LogP contribution < -0.4 is 14.2 Å². The molecular formula is C37H38F6O4. The Bertz CT molecular complexity index is 1630. The maximum atomic E-state index is 15.0. The largest absolute Gasteiger partial charge is 0.491 e. The minimum absolute atomic E-state index is 0.107. The van der Waals surface area contributed by atoms with Crippen LogP contribution in [0.25, 0.3) is 16.7 Å². The molecule has 0 aromatic heterocycles. The van der Waals surface area contributed by atoms with Crippen molar-refractivity contribution in [3.63, 3.8) is 0 Å². The van der Waals surface area contributed by atoms with Crippen molar-refractivity contribution in [3.05, 3.63) is 82.9 Å². The summed E-state index contributed by atoms with van der Waals surface area (Å²) >= 11 is 0. The first-order chi connectivity index (χ1) is 22.6. The lowest BCUT2D eigenvalue weighted by Crippen LogP contribution is -2.29. The Hall–Kier alpha value is -3.95. The first-order valence-electron chi connectivity index (χ1n) is 16.3. The Kier molecular flexibility index (Phi) is 11.2. The number of carbonyl (C=O) groups is 1. The molecule has 3 aromatic rings. The van der Waals surface area contributed by atoms with Crippen LogP contribution in [0.1, 0.15) is 77.2 Å². The lowest BCUT2D eigenvalue weighted by atomic mass is 9.71. The molecule has 2 aliphatic carbocycles. The quantitative estimate of drug-likeness (QED) is 0.0889. The third-order valence-electron chi connectivity index (χ3n) is 9.27. The summed E-state index contributed by atoms with van der Waals surface area (Å²) in [6.07, 6.45) is 8.00. The monoisotopic (exact) mass is 660 g/mol.